The van der Waals surface area contributed by atoms with Gasteiger partial charge in [0.1, 0.15) is 6.04 Å². The largest absolute Gasteiger partial charge is 0.480 e. The first-order chi connectivity index (χ1) is 8.09. The summed E-state index contributed by atoms with van der Waals surface area (Å²) in [6, 6.07) is -0.959. The molecule has 2 amide bonds. The van der Waals surface area contributed by atoms with Gasteiger partial charge in [-0.3, -0.25) is 4.21 Å². The Kier molecular flexibility index (Phi) is 3.93. The molecule has 0 aliphatic carbocycles. The van der Waals surface area contributed by atoms with E-state index in [1.54, 1.807) is 4.90 Å². The monoisotopic (exact) mass is 278 g/mol. The number of carboxylic acid groups (broad SMARTS) is 1. The Morgan fingerprint density at radius 3 is 2.53 bits per heavy atom. The van der Waals surface area contributed by atoms with Crippen molar-refractivity contribution in [3.8, 4) is 0 Å². The first-order valence-electron chi connectivity index (χ1n) is 5.30. The van der Waals surface area contributed by atoms with Crippen LogP contribution in [-0.4, -0.2) is 73.4 Å². The van der Waals surface area contributed by atoms with Crippen LogP contribution in [0, 0.1) is 0 Å². The molecule has 0 bridgehead atoms. The highest BCUT2D eigenvalue weighted by Crippen LogP contribution is 2.22. The van der Waals surface area contributed by atoms with Crippen molar-refractivity contribution in [2.75, 3.05) is 36.2 Å². The third-order valence-electron chi connectivity index (χ3n) is 2.86. The fourth-order valence-electron chi connectivity index (χ4n) is 1.85. The van der Waals surface area contributed by atoms with Gasteiger partial charge < -0.3 is 14.9 Å². The molecular formula is C9H14N2O4S2. The van der Waals surface area contributed by atoms with E-state index < -0.39 is 22.8 Å². The number of urea groups is 1. The molecule has 1 atom stereocenters. The van der Waals surface area contributed by atoms with Crippen molar-refractivity contribution in [2.24, 2.45) is 0 Å². The molecule has 0 aromatic carbocycles. The van der Waals surface area contributed by atoms with Crippen molar-refractivity contribution in [1.82, 2.24) is 9.80 Å². The van der Waals surface area contributed by atoms with E-state index in [1.165, 1.54) is 16.7 Å². The van der Waals surface area contributed by atoms with Gasteiger partial charge in [-0.15, -0.1) is 11.8 Å². The Balaban J connectivity index is 1.99. The van der Waals surface area contributed by atoms with Crippen LogP contribution < -0.4 is 0 Å². The van der Waals surface area contributed by atoms with Crippen LogP contribution >= 0.6 is 11.8 Å². The van der Waals surface area contributed by atoms with Gasteiger partial charge >= 0.3 is 12.0 Å². The van der Waals surface area contributed by atoms with Crippen molar-refractivity contribution in [3.05, 3.63) is 0 Å². The Labute approximate surface area is 106 Å². The summed E-state index contributed by atoms with van der Waals surface area (Å²) >= 11 is 1.45. The minimum Gasteiger partial charge on any atom is -0.480 e. The quantitative estimate of drug-likeness (QED) is 0.708. The van der Waals surface area contributed by atoms with E-state index in [4.69, 9.17) is 5.11 Å². The van der Waals surface area contributed by atoms with E-state index in [0.29, 0.717) is 36.2 Å². The number of hydrogen-bond donors (Lipinski definition) is 1. The van der Waals surface area contributed by atoms with Gasteiger partial charge in [-0.25, -0.2) is 9.59 Å². The van der Waals surface area contributed by atoms with E-state index in [9.17, 15) is 13.8 Å². The molecule has 2 rings (SSSR count). The standard InChI is InChI=1S/C9H14N2O4S2/c12-8(13)7-5-16-6-11(7)9(14)10-1-3-17(15)4-2-10/h7H,1-6H2,(H,12,13). The maximum absolute atomic E-state index is 12.1. The van der Waals surface area contributed by atoms with Crippen molar-refractivity contribution in [3.63, 3.8) is 0 Å². The first kappa shape index (κ1) is 12.7. The zero-order chi connectivity index (χ0) is 12.4. The van der Waals surface area contributed by atoms with Gasteiger partial charge in [-0.1, -0.05) is 0 Å². The number of carboxylic acids is 1. The summed E-state index contributed by atoms with van der Waals surface area (Å²) < 4.78 is 11.2. The molecule has 2 fully saturated rings. The number of hydrogen-bond acceptors (Lipinski definition) is 4. The maximum atomic E-state index is 12.1. The van der Waals surface area contributed by atoms with Gasteiger partial charge in [0.25, 0.3) is 0 Å². The van der Waals surface area contributed by atoms with Crippen molar-refractivity contribution in [2.45, 2.75) is 6.04 Å². The van der Waals surface area contributed by atoms with Gasteiger partial charge in [-0.2, -0.15) is 0 Å². The van der Waals surface area contributed by atoms with Crippen LogP contribution in [0.2, 0.25) is 0 Å². The number of nitrogens with zero attached hydrogens (tertiary/aromatic N) is 2. The van der Waals surface area contributed by atoms with Gasteiger partial charge in [0.15, 0.2) is 0 Å². The summed E-state index contributed by atoms with van der Waals surface area (Å²) in [5, 5.41) is 9.00. The molecule has 0 spiro atoms. The lowest BCUT2D eigenvalue weighted by atomic mass is 10.3. The lowest BCUT2D eigenvalue weighted by Gasteiger charge is -2.31. The third kappa shape index (κ3) is 2.74. The number of carbonyl (C=O) groups excluding carboxylic acids is 1. The van der Waals surface area contributed by atoms with Crippen LogP contribution in [-0.2, 0) is 15.6 Å². The highest BCUT2D eigenvalue weighted by molar-refractivity contribution is 7.99. The summed E-state index contributed by atoms with van der Waals surface area (Å²) in [6.07, 6.45) is 0. The average molecular weight is 278 g/mol. The minimum atomic E-state index is -0.955. The zero-order valence-electron chi connectivity index (χ0n) is 9.20. The highest BCUT2D eigenvalue weighted by Gasteiger charge is 2.37. The topological polar surface area (TPSA) is 77.9 Å². The van der Waals surface area contributed by atoms with Crippen molar-refractivity contribution >= 4 is 34.6 Å². The molecule has 0 radical (unpaired) electrons. The Morgan fingerprint density at radius 1 is 1.29 bits per heavy atom. The summed E-state index contributed by atoms with van der Waals surface area (Å²) in [5.74, 6) is 0.898. The number of rotatable bonds is 1. The van der Waals surface area contributed by atoms with Gasteiger partial charge in [0, 0.05) is 41.1 Å². The first-order valence-corrected chi connectivity index (χ1v) is 7.95. The van der Waals surface area contributed by atoms with E-state index >= 15 is 0 Å². The molecule has 1 N–H and O–H groups in total. The summed E-state index contributed by atoms with van der Waals surface area (Å²) in [6.45, 7) is 0.915. The summed E-state index contributed by atoms with van der Waals surface area (Å²) in [7, 11) is -0.830. The van der Waals surface area contributed by atoms with E-state index in [0.717, 1.165) is 0 Å². The average Bonchev–Trinajstić information content (AvgIpc) is 2.78. The second-order valence-corrected chi connectivity index (χ2v) is 6.64. The van der Waals surface area contributed by atoms with Gasteiger partial charge in [0.2, 0.25) is 0 Å². The molecule has 2 aliphatic heterocycles. The predicted octanol–water partition coefficient (Wildman–Crippen LogP) is -0.370. The number of thioether (sulfide) groups is 1. The molecule has 96 valence electrons. The number of amides is 2. The molecular weight excluding hydrogens is 264 g/mol. The molecule has 1 unspecified atom stereocenters. The second kappa shape index (κ2) is 5.26. The Bertz CT molecular complexity index is 353. The SMILES string of the molecule is O=C(O)C1CSCN1C(=O)N1CCS(=O)CC1. The van der Waals surface area contributed by atoms with Gasteiger partial charge in [-0.05, 0) is 0 Å². The molecule has 17 heavy (non-hydrogen) atoms. The normalized spacial score (nSPS) is 26.2. The van der Waals surface area contributed by atoms with Crippen LogP contribution in [0.15, 0.2) is 0 Å². The van der Waals surface area contributed by atoms with Crippen LogP contribution in [0.25, 0.3) is 0 Å². The summed E-state index contributed by atoms with van der Waals surface area (Å²) in [4.78, 5) is 26.1. The molecule has 2 heterocycles. The molecule has 2 saturated heterocycles. The molecule has 0 aromatic rings. The van der Waals surface area contributed by atoms with E-state index in [-0.39, 0.29) is 6.03 Å². The minimum absolute atomic E-state index is 0.237. The zero-order valence-corrected chi connectivity index (χ0v) is 10.8. The van der Waals surface area contributed by atoms with Crippen LogP contribution in [0.1, 0.15) is 0 Å². The Hall–Kier alpha value is -0.760. The fraction of sp³-hybridized carbons (Fsp3) is 0.778. The van der Waals surface area contributed by atoms with Crippen LogP contribution in [0.4, 0.5) is 4.79 Å². The smallest absolute Gasteiger partial charge is 0.327 e. The van der Waals surface area contributed by atoms with E-state index in [2.05, 4.69) is 0 Å². The lowest BCUT2D eigenvalue weighted by Crippen LogP contribution is -2.52. The van der Waals surface area contributed by atoms with Crippen molar-refractivity contribution in [1.29, 1.82) is 0 Å². The number of carbonyl (C=O) groups is 2. The molecule has 2 aliphatic rings. The van der Waals surface area contributed by atoms with Crippen molar-refractivity contribution < 1.29 is 18.9 Å². The molecule has 0 aromatic heterocycles. The maximum Gasteiger partial charge on any atom is 0.327 e. The third-order valence-corrected chi connectivity index (χ3v) is 5.15. The van der Waals surface area contributed by atoms with Crippen LogP contribution in [0.3, 0.4) is 0 Å². The Morgan fingerprint density at radius 2 is 1.94 bits per heavy atom. The second-order valence-electron chi connectivity index (χ2n) is 3.94. The molecule has 0 saturated carbocycles. The molecule has 8 heteroatoms. The fourth-order valence-corrected chi connectivity index (χ4v) is 4.04. The number of aliphatic carboxylic acids is 1. The highest BCUT2D eigenvalue weighted by atomic mass is 32.2. The van der Waals surface area contributed by atoms with E-state index in [1.807, 2.05) is 0 Å². The predicted molar refractivity (Wildman–Crippen MR) is 65.4 cm³/mol. The van der Waals surface area contributed by atoms with Gasteiger partial charge in [0.05, 0.1) is 5.88 Å². The molecule has 6 nitrogen and oxygen atoms in total. The van der Waals surface area contributed by atoms with Crippen LogP contribution in [0.5, 0.6) is 0 Å². The lowest BCUT2D eigenvalue weighted by molar-refractivity contribution is -0.140. The summed E-state index contributed by atoms with van der Waals surface area (Å²) in [5.41, 5.74) is 0.